The highest BCUT2D eigenvalue weighted by Gasteiger charge is 2.44. The first-order valence-corrected chi connectivity index (χ1v) is 8.89. The van der Waals surface area contributed by atoms with E-state index in [1.165, 1.54) is 10.9 Å². The molecule has 1 aliphatic rings. The molecule has 28 heavy (non-hydrogen) atoms. The SMILES string of the molecule is N=C(N)NC/C=C/CNc1nc(S)c2ncn([C@@H]3O[C@H](CO)C(O)[C@@H]3O)c2n1. The number of anilines is 1. The summed E-state index contributed by atoms with van der Waals surface area (Å²) in [4.78, 5) is 12.8. The number of imidazole rings is 1. The maximum absolute atomic E-state index is 10.2. The van der Waals surface area contributed by atoms with E-state index in [0.29, 0.717) is 29.3 Å². The molecule has 3 rings (SSSR count). The molecule has 0 radical (unpaired) electrons. The van der Waals surface area contributed by atoms with Crippen LogP contribution >= 0.6 is 12.6 Å². The number of ether oxygens (including phenoxy) is 1. The molecule has 13 heteroatoms. The van der Waals surface area contributed by atoms with E-state index >= 15 is 0 Å². The zero-order valence-corrected chi connectivity index (χ0v) is 15.6. The van der Waals surface area contributed by atoms with Gasteiger partial charge < -0.3 is 36.4 Å². The molecule has 12 nitrogen and oxygen atoms in total. The molecule has 1 unspecified atom stereocenters. The van der Waals surface area contributed by atoms with Gasteiger partial charge in [0.05, 0.1) is 12.9 Å². The largest absolute Gasteiger partial charge is 0.394 e. The minimum atomic E-state index is -1.25. The van der Waals surface area contributed by atoms with Crippen LogP contribution in [0.25, 0.3) is 11.2 Å². The summed E-state index contributed by atoms with van der Waals surface area (Å²) in [5.74, 6) is 0.180. The maximum atomic E-state index is 10.2. The lowest BCUT2D eigenvalue weighted by atomic mass is 10.1. The average Bonchev–Trinajstić information content (AvgIpc) is 3.20. The molecule has 0 amide bonds. The van der Waals surface area contributed by atoms with Gasteiger partial charge >= 0.3 is 0 Å². The van der Waals surface area contributed by atoms with Crippen LogP contribution in [0, 0.1) is 5.41 Å². The van der Waals surface area contributed by atoms with Crippen molar-refractivity contribution in [2.75, 3.05) is 25.0 Å². The van der Waals surface area contributed by atoms with Gasteiger partial charge in [0.15, 0.2) is 17.8 Å². The predicted octanol–water partition coefficient (Wildman–Crippen LogP) is -1.82. The molecular weight excluding hydrogens is 388 g/mol. The molecule has 152 valence electrons. The van der Waals surface area contributed by atoms with E-state index in [1.807, 2.05) is 6.08 Å². The van der Waals surface area contributed by atoms with Gasteiger partial charge in [0, 0.05) is 13.1 Å². The van der Waals surface area contributed by atoms with Crippen LogP contribution in [0.1, 0.15) is 6.23 Å². The van der Waals surface area contributed by atoms with Gasteiger partial charge in [-0.05, 0) is 0 Å². The summed E-state index contributed by atoms with van der Waals surface area (Å²) in [5, 5.41) is 42.5. The van der Waals surface area contributed by atoms with E-state index in [-0.39, 0.29) is 11.9 Å². The molecule has 1 aliphatic heterocycles. The van der Waals surface area contributed by atoms with E-state index in [9.17, 15) is 15.3 Å². The third-order valence-electron chi connectivity index (χ3n) is 4.15. The minimum Gasteiger partial charge on any atom is -0.394 e. The molecular formula is C15H22N8O4S. The quantitative estimate of drug-likeness (QED) is 0.0848. The lowest BCUT2D eigenvalue weighted by Crippen LogP contribution is -2.33. The number of guanidine groups is 1. The summed E-state index contributed by atoms with van der Waals surface area (Å²) in [6.45, 7) is 0.416. The number of rotatable bonds is 7. The standard InChI is InChI=1S/C15H22N8O4S/c16-14(17)18-3-1-2-4-19-15-21-11-8(12(28)22-15)20-6-23(11)13-10(26)9(25)7(5-24)27-13/h1-2,6-7,9-10,13,24-26H,3-5H2,(H4,16,17,18)(H2,19,21,22,28)/b2-1+/t7-,9?,10+,13-/m1/s1. The van der Waals surface area contributed by atoms with Crippen molar-refractivity contribution in [1.29, 1.82) is 5.41 Å². The zero-order valence-electron chi connectivity index (χ0n) is 14.7. The van der Waals surface area contributed by atoms with Crippen LogP contribution in [0.5, 0.6) is 0 Å². The molecule has 2 aromatic heterocycles. The van der Waals surface area contributed by atoms with Crippen LogP contribution in [-0.2, 0) is 4.74 Å². The van der Waals surface area contributed by atoms with Crippen LogP contribution in [0.15, 0.2) is 23.5 Å². The summed E-state index contributed by atoms with van der Waals surface area (Å²) in [6, 6.07) is 0. The Morgan fingerprint density at radius 2 is 2.07 bits per heavy atom. The third kappa shape index (κ3) is 4.18. The summed E-state index contributed by atoms with van der Waals surface area (Å²) in [6.07, 6.45) is 0.683. The summed E-state index contributed by atoms with van der Waals surface area (Å²) < 4.78 is 7.00. The van der Waals surface area contributed by atoms with E-state index in [0.717, 1.165) is 0 Å². The number of thiol groups is 1. The van der Waals surface area contributed by atoms with Crippen LogP contribution < -0.4 is 16.4 Å². The van der Waals surface area contributed by atoms with Gasteiger partial charge in [0.2, 0.25) is 5.95 Å². The van der Waals surface area contributed by atoms with Gasteiger partial charge in [0.25, 0.3) is 0 Å². The number of aromatic nitrogens is 4. The molecule has 0 aliphatic carbocycles. The fraction of sp³-hybridized carbons (Fsp3) is 0.467. The van der Waals surface area contributed by atoms with Crippen molar-refractivity contribution in [1.82, 2.24) is 24.8 Å². The van der Waals surface area contributed by atoms with E-state index in [2.05, 4.69) is 38.2 Å². The average molecular weight is 410 g/mol. The lowest BCUT2D eigenvalue weighted by molar-refractivity contribution is -0.0511. The molecule has 3 heterocycles. The molecule has 1 saturated heterocycles. The monoisotopic (exact) mass is 410 g/mol. The Labute approximate surface area is 165 Å². The molecule has 0 saturated carbocycles. The number of hydrogen-bond acceptors (Lipinski definition) is 10. The Hall–Kier alpha value is -2.45. The number of nitrogens with two attached hydrogens (primary N) is 1. The third-order valence-corrected chi connectivity index (χ3v) is 4.46. The molecule has 8 N–H and O–H groups in total. The van der Waals surface area contributed by atoms with E-state index in [4.69, 9.17) is 15.9 Å². The minimum absolute atomic E-state index is 0.107. The van der Waals surface area contributed by atoms with E-state index < -0.39 is 31.1 Å². The van der Waals surface area contributed by atoms with Gasteiger partial charge in [-0.3, -0.25) is 9.98 Å². The molecule has 0 spiro atoms. The Bertz CT molecular complexity index is 875. The van der Waals surface area contributed by atoms with Gasteiger partial charge in [0.1, 0.15) is 28.9 Å². The van der Waals surface area contributed by atoms with Crippen molar-refractivity contribution < 1.29 is 20.1 Å². The van der Waals surface area contributed by atoms with Gasteiger partial charge in [-0.2, -0.15) is 4.98 Å². The Balaban J connectivity index is 1.77. The van der Waals surface area contributed by atoms with Crippen molar-refractivity contribution >= 4 is 35.7 Å². The number of aliphatic hydroxyl groups is 3. The molecule has 4 atom stereocenters. The van der Waals surface area contributed by atoms with Crippen molar-refractivity contribution in [3.05, 3.63) is 18.5 Å². The van der Waals surface area contributed by atoms with E-state index in [1.54, 1.807) is 6.08 Å². The fourth-order valence-corrected chi connectivity index (χ4v) is 3.01. The highest BCUT2D eigenvalue weighted by atomic mass is 32.1. The summed E-state index contributed by atoms with van der Waals surface area (Å²) >= 11 is 4.33. The highest BCUT2D eigenvalue weighted by molar-refractivity contribution is 7.80. The zero-order chi connectivity index (χ0) is 20.3. The van der Waals surface area contributed by atoms with Crippen molar-refractivity contribution in [3.8, 4) is 0 Å². The van der Waals surface area contributed by atoms with Gasteiger partial charge in [-0.15, -0.1) is 12.6 Å². The smallest absolute Gasteiger partial charge is 0.226 e. The Morgan fingerprint density at radius 3 is 2.75 bits per heavy atom. The van der Waals surface area contributed by atoms with Crippen molar-refractivity contribution in [2.24, 2.45) is 5.73 Å². The molecule has 1 fully saturated rings. The second-order valence-corrected chi connectivity index (χ2v) is 6.49. The second-order valence-electron chi connectivity index (χ2n) is 6.07. The topological polar surface area (TPSA) is 187 Å². The Morgan fingerprint density at radius 1 is 1.32 bits per heavy atom. The van der Waals surface area contributed by atoms with Crippen LogP contribution in [0.4, 0.5) is 5.95 Å². The van der Waals surface area contributed by atoms with Gasteiger partial charge in [-0.25, -0.2) is 9.97 Å². The summed E-state index contributed by atoms with van der Waals surface area (Å²) in [5.41, 5.74) is 5.96. The first-order valence-electron chi connectivity index (χ1n) is 8.45. The number of aliphatic hydroxyl groups excluding tert-OH is 3. The molecule has 0 bridgehead atoms. The Kier molecular flexibility index (Phi) is 6.31. The number of hydrogen-bond donors (Lipinski definition) is 8. The second kappa shape index (κ2) is 8.70. The first kappa shape index (κ1) is 20.3. The highest BCUT2D eigenvalue weighted by Crippen LogP contribution is 2.32. The number of fused-ring (bicyclic) bond motifs is 1. The van der Waals surface area contributed by atoms with Gasteiger partial charge in [-0.1, -0.05) is 12.2 Å². The lowest BCUT2D eigenvalue weighted by Gasteiger charge is -2.16. The van der Waals surface area contributed by atoms with Crippen molar-refractivity contribution in [3.63, 3.8) is 0 Å². The first-order chi connectivity index (χ1) is 13.4. The molecule has 0 aromatic carbocycles. The predicted molar refractivity (Wildman–Crippen MR) is 103 cm³/mol. The summed E-state index contributed by atoms with van der Waals surface area (Å²) in [7, 11) is 0. The number of nitrogens with zero attached hydrogens (tertiary/aromatic N) is 4. The van der Waals surface area contributed by atoms with Crippen molar-refractivity contribution in [2.45, 2.75) is 29.6 Å². The van der Waals surface area contributed by atoms with Crippen LogP contribution in [0.3, 0.4) is 0 Å². The molecule has 2 aromatic rings. The fourth-order valence-electron chi connectivity index (χ4n) is 2.76. The maximum Gasteiger partial charge on any atom is 0.226 e. The van der Waals surface area contributed by atoms with Crippen LogP contribution in [-0.4, -0.2) is 78.8 Å². The number of nitrogens with one attached hydrogen (secondary N) is 3. The normalized spacial score (nSPS) is 24.9. The van der Waals surface area contributed by atoms with Crippen LogP contribution in [0.2, 0.25) is 0 Å².